The molecule has 18 heavy (non-hydrogen) atoms. The molecule has 2 unspecified atom stereocenters. The van der Waals surface area contributed by atoms with Crippen LogP contribution in [0.5, 0.6) is 0 Å². The van der Waals surface area contributed by atoms with E-state index in [1.165, 1.54) is 6.20 Å². The lowest BCUT2D eigenvalue weighted by Gasteiger charge is -2.28. The van der Waals surface area contributed by atoms with Crippen molar-refractivity contribution in [2.75, 3.05) is 5.32 Å². The quantitative estimate of drug-likeness (QED) is 0.836. The maximum atomic E-state index is 11.3. The largest absolute Gasteiger partial charge is 0.481 e. The van der Waals surface area contributed by atoms with Gasteiger partial charge in [-0.25, -0.2) is 0 Å². The van der Waals surface area contributed by atoms with Gasteiger partial charge >= 0.3 is 5.97 Å². The van der Waals surface area contributed by atoms with Crippen LogP contribution in [0.2, 0.25) is 0 Å². The lowest BCUT2D eigenvalue weighted by molar-refractivity contribution is -0.147. The zero-order valence-corrected chi connectivity index (χ0v) is 10.1. The number of rotatable bonds is 3. The smallest absolute Gasteiger partial charge is 0.311 e. The van der Waals surface area contributed by atoms with Gasteiger partial charge in [-0.1, -0.05) is 6.42 Å². The van der Waals surface area contributed by atoms with Crippen molar-refractivity contribution in [3.63, 3.8) is 0 Å². The highest BCUT2D eigenvalue weighted by Crippen LogP contribution is 2.39. The fourth-order valence-electron chi connectivity index (χ4n) is 2.35. The summed E-state index contributed by atoms with van der Waals surface area (Å²) >= 11 is 0. The number of hydrogen-bond donors (Lipinski definition) is 2. The fraction of sp³-hybridized carbons (Fsp3) is 0.500. The Morgan fingerprint density at radius 3 is 3.17 bits per heavy atom. The van der Waals surface area contributed by atoms with Gasteiger partial charge < -0.3 is 10.4 Å². The first-order valence-electron chi connectivity index (χ1n) is 5.79. The molecule has 1 aliphatic carbocycles. The Bertz CT molecular complexity index is 511. The SMILES string of the molecule is CC1(C(=O)O)CCCC1Nc1nnccc1C#N. The van der Waals surface area contributed by atoms with E-state index in [2.05, 4.69) is 15.5 Å². The molecule has 2 atom stereocenters. The molecule has 0 aliphatic heterocycles. The highest BCUT2D eigenvalue weighted by molar-refractivity contribution is 5.76. The van der Waals surface area contributed by atoms with Crippen LogP contribution in [-0.2, 0) is 4.79 Å². The molecule has 2 rings (SSSR count). The molecule has 0 amide bonds. The van der Waals surface area contributed by atoms with Crippen LogP contribution in [0.1, 0.15) is 31.7 Å². The molecule has 1 heterocycles. The minimum absolute atomic E-state index is 0.223. The van der Waals surface area contributed by atoms with Crippen molar-refractivity contribution >= 4 is 11.8 Å². The van der Waals surface area contributed by atoms with Gasteiger partial charge in [0.15, 0.2) is 5.82 Å². The normalized spacial score (nSPS) is 26.6. The van der Waals surface area contributed by atoms with Crippen molar-refractivity contribution < 1.29 is 9.90 Å². The number of nitrogens with one attached hydrogen (secondary N) is 1. The standard InChI is InChI=1S/C12H14N4O2/c1-12(11(17)18)5-2-3-9(12)15-10-8(7-13)4-6-14-16-10/h4,6,9H,2-3,5H2,1H3,(H,15,16)(H,17,18). The molecule has 94 valence electrons. The molecule has 0 aromatic carbocycles. The molecule has 6 heteroatoms. The van der Waals surface area contributed by atoms with Crippen molar-refractivity contribution in [2.45, 2.75) is 32.2 Å². The van der Waals surface area contributed by atoms with Gasteiger partial charge in [0, 0.05) is 6.04 Å². The number of aliphatic carboxylic acids is 1. The van der Waals surface area contributed by atoms with E-state index in [1.807, 2.05) is 6.07 Å². The Morgan fingerprint density at radius 1 is 1.72 bits per heavy atom. The first-order valence-corrected chi connectivity index (χ1v) is 5.79. The summed E-state index contributed by atoms with van der Waals surface area (Å²) in [5.74, 6) is -0.459. The molecule has 0 saturated heterocycles. The van der Waals surface area contributed by atoms with Crippen LogP contribution in [0.3, 0.4) is 0 Å². The van der Waals surface area contributed by atoms with E-state index in [4.69, 9.17) is 5.26 Å². The lowest BCUT2D eigenvalue weighted by Crippen LogP contribution is -2.40. The predicted molar refractivity (Wildman–Crippen MR) is 63.8 cm³/mol. The summed E-state index contributed by atoms with van der Waals surface area (Å²) in [6, 6.07) is 3.35. The van der Waals surface area contributed by atoms with Crippen LogP contribution in [0, 0.1) is 16.7 Å². The zero-order valence-electron chi connectivity index (χ0n) is 10.1. The van der Waals surface area contributed by atoms with Crippen molar-refractivity contribution in [1.29, 1.82) is 5.26 Å². The maximum Gasteiger partial charge on any atom is 0.311 e. The van der Waals surface area contributed by atoms with Crippen molar-refractivity contribution in [1.82, 2.24) is 10.2 Å². The third-order valence-corrected chi connectivity index (χ3v) is 3.60. The van der Waals surface area contributed by atoms with E-state index < -0.39 is 11.4 Å². The molecule has 1 aromatic rings. The van der Waals surface area contributed by atoms with E-state index >= 15 is 0 Å². The summed E-state index contributed by atoms with van der Waals surface area (Å²) in [5.41, 5.74) is -0.436. The van der Waals surface area contributed by atoms with Gasteiger partial charge in [0.1, 0.15) is 6.07 Å². The van der Waals surface area contributed by atoms with Gasteiger partial charge in [0.25, 0.3) is 0 Å². The van der Waals surface area contributed by atoms with Gasteiger partial charge in [-0.2, -0.15) is 10.4 Å². The topological polar surface area (TPSA) is 98.9 Å². The van der Waals surface area contributed by atoms with Crippen LogP contribution in [-0.4, -0.2) is 27.3 Å². The summed E-state index contributed by atoms with van der Waals surface area (Å²) < 4.78 is 0. The summed E-state index contributed by atoms with van der Waals surface area (Å²) in [5, 5.41) is 28.9. The van der Waals surface area contributed by atoms with Crippen LogP contribution < -0.4 is 5.32 Å². The van der Waals surface area contributed by atoms with E-state index in [0.29, 0.717) is 17.8 Å². The predicted octanol–water partition coefficient (Wildman–Crippen LogP) is 1.40. The average molecular weight is 246 g/mol. The zero-order chi connectivity index (χ0) is 13.2. The highest BCUT2D eigenvalue weighted by Gasteiger charge is 2.45. The molecule has 0 radical (unpaired) electrons. The fourth-order valence-corrected chi connectivity index (χ4v) is 2.35. The minimum Gasteiger partial charge on any atom is -0.481 e. The van der Waals surface area contributed by atoms with Crippen LogP contribution in [0.4, 0.5) is 5.82 Å². The van der Waals surface area contributed by atoms with Crippen LogP contribution >= 0.6 is 0 Å². The lowest BCUT2D eigenvalue weighted by atomic mass is 9.85. The average Bonchev–Trinajstić information content (AvgIpc) is 2.73. The van der Waals surface area contributed by atoms with Gasteiger partial charge in [-0.3, -0.25) is 4.79 Å². The molecule has 1 aliphatic rings. The highest BCUT2D eigenvalue weighted by atomic mass is 16.4. The number of nitriles is 1. The number of hydrogen-bond acceptors (Lipinski definition) is 5. The summed E-state index contributed by atoms with van der Waals surface area (Å²) in [4.78, 5) is 11.3. The summed E-state index contributed by atoms with van der Waals surface area (Å²) in [6.07, 6.45) is 3.67. The number of carboxylic acid groups (broad SMARTS) is 1. The van der Waals surface area contributed by atoms with E-state index in [-0.39, 0.29) is 6.04 Å². The molecular formula is C12H14N4O2. The van der Waals surface area contributed by atoms with Gasteiger partial charge in [-0.05, 0) is 25.8 Å². The Labute approximate surface area is 105 Å². The second-order valence-electron chi connectivity index (χ2n) is 4.72. The minimum atomic E-state index is -0.820. The number of carbonyl (C=O) groups is 1. The molecule has 0 spiro atoms. The third kappa shape index (κ3) is 1.99. The Morgan fingerprint density at radius 2 is 2.50 bits per heavy atom. The molecule has 1 saturated carbocycles. The number of carboxylic acids is 1. The van der Waals surface area contributed by atoms with Crippen molar-refractivity contribution in [3.05, 3.63) is 17.8 Å². The van der Waals surface area contributed by atoms with Crippen LogP contribution in [0.25, 0.3) is 0 Å². The van der Waals surface area contributed by atoms with Crippen molar-refractivity contribution in [2.24, 2.45) is 5.41 Å². The summed E-state index contributed by atoms with van der Waals surface area (Å²) in [6.45, 7) is 1.72. The Hall–Kier alpha value is -2.16. The summed E-state index contributed by atoms with van der Waals surface area (Å²) in [7, 11) is 0. The first kappa shape index (κ1) is 12.3. The number of nitrogens with zero attached hydrogens (tertiary/aromatic N) is 3. The van der Waals surface area contributed by atoms with Crippen LogP contribution in [0.15, 0.2) is 12.3 Å². The van der Waals surface area contributed by atoms with E-state index in [0.717, 1.165) is 12.8 Å². The molecule has 1 fully saturated rings. The third-order valence-electron chi connectivity index (χ3n) is 3.60. The molecule has 6 nitrogen and oxygen atoms in total. The van der Waals surface area contributed by atoms with E-state index in [9.17, 15) is 9.90 Å². The Kier molecular flexibility index (Phi) is 3.15. The second-order valence-corrected chi connectivity index (χ2v) is 4.72. The van der Waals surface area contributed by atoms with Crippen molar-refractivity contribution in [3.8, 4) is 6.07 Å². The number of anilines is 1. The molecule has 0 bridgehead atoms. The first-order chi connectivity index (χ1) is 8.58. The van der Waals surface area contributed by atoms with Gasteiger partial charge in [0.2, 0.25) is 0 Å². The Balaban J connectivity index is 2.24. The number of aromatic nitrogens is 2. The second kappa shape index (κ2) is 4.61. The van der Waals surface area contributed by atoms with Gasteiger partial charge in [0.05, 0.1) is 17.2 Å². The molecule has 2 N–H and O–H groups in total. The van der Waals surface area contributed by atoms with Gasteiger partial charge in [-0.15, -0.1) is 5.10 Å². The maximum absolute atomic E-state index is 11.3. The molecule has 1 aromatic heterocycles. The van der Waals surface area contributed by atoms with E-state index in [1.54, 1.807) is 13.0 Å². The molecular weight excluding hydrogens is 232 g/mol. The monoisotopic (exact) mass is 246 g/mol.